The van der Waals surface area contributed by atoms with Gasteiger partial charge in [0.2, 0.25) is 0 Å². The number of benzene rings is 1. The van der Waals surface area contributed by atoms with E-state index in [9.17, 15) is 13.2 Å². The first-order valence-corrected chi connectivity index (χ1v) is 7.53. The van der Waals surface area contributed by atoms with Crippen molar-refractivity contribution in [2.24, 2.45) is 0 Å². The Labute approximate surface area is 129 Å². The lowest BCUT2D eigenvalue weighted by atomic mass is 10.1. The van der Waals surface area contributed by atoms with E-state index in [-0.39, 0.29) is 22.4 Å². The maximum absolute atomic E-state index is 12.2. The van der Waals surface area contributed by atoms with Crippen LogP contribution in [0.5, 0.6) is 5.75 Å². The summed E-state index contributed by atoms with van der Waals surface area (Å²) >= 11 is 3.10. The van der Waals surface area contributed by atoms with Crippen LogP contribution in [-0.2, 0) is 11.3 Å². The van der Waals surface area contributed by atoms with Crippen LogP contribution < -0.4 is 10.1 Å². The molecule has 2 rings (SSSR count). The minimum Gasteiger partial charge on any atom is -0.405 e. The Balaban J connectivity index is 1.90. The highest BCUT2D eigenvalue weighted by atomic mass is 79.9. The Hall–Kier alpha value is -0.790. The Bertz CT molecular complexity index is 476. The Morgan fingerprint density at radius 3 is 2.81 bits per heavy atom. The molecule has 0 radical (unpaired) electrons. The predicted octanol–water partition coefficient (Wildman–Crippen LogP) is 4.00. The standard InChI is InChI=1S/C14H17BrF3NO2/c1-9(12-3-2-6-20-12)19-8-10-4-5-13(11(15)7-10)21-14(16,17)18/h4-5,7,9,12,19H,2-3,6,8H2,1H3. The summed E-state index contributed by atoms with van der Waals surface area (Å²) in [5, 5.41) is 3.33. The van der Waals surface area contributed by atoms with E-state index in [1.807, 2.05) is 6.92 Å². The molecule has 1 N–H and O–H groups in total. The van der Waals surface area contributed by atoms with Gasteiger partial charge in [0, 0.05) is 19.2 Å². The molecule has 3 nitrogen and oxygen atoms in total. The molecule has 1 saturated heterocycles. The summed E-state index contributed by atoms with van der Waals surface area (Å²) in [5.74, 6) is -0.238. The fourth-order valence-corrected chi connectivity index (χ4v) is 2.78. The second-order valence-electron chi connectivity index (χ2n) is 5.03. The molecule has 0 aliphatic carbocycles. The molecule has 7 heteroatoms. The quantitative estimate of drug-likeness (QED) is 0.852. The van der Waals surface area contributed by atoms with E-state index in [1.165, 1.54) is 6.07 Å². The molecule has 1 aliphatic rings. The first kappa shape index (κ1) is 16.6. The van der Waals surface area contributed by atoms with Gasteiger partial charge in [-0.15, -0.1) is 13.2 Å². The Morgan fingerprint density at radius 1 is 1.48 bits per heavy atom. The average molecular weight is 368 g/mol. The van der Waals surface area contributed by atoms with Gasteiger partial charge in [-0.1, -0.05) is 6.07 Å². The monoisotopic (exact) mass is 367 g/mol. The molecule has 0 saturated carbocycles. The minimum absolute atomic E-state index is 0.206. The van der Waals surface area contributed by atoms with Crippen LogP contribution >= 0.6 is 15.9 Å². The van der Waals surface area contributed by atoms with Crippen LogP contribution in [0, 0.1) is 0 Å². The van der Waals surface area contributed by atoms with Gasteiger partial charge >= 0.3 is 6.36 Å². The molecule has 1 aromatic carbocycles. The van der Waals surface area contributed by atoms with Gasteiger partial charge in [-0.2, -0.15) is 0 Å². The van der Waals surface area contributed by atoms with Crippen LogP contribution in [0.2, 0.25) is 0 Å². The van der Waals surface area contributed by atoms with E-state index < -0.39 is 6.36 Å². The number of hydrogen-bond acceptors (Lipinski definition) is 3. The molecule has 1 heterocycles. The van der Waals surface area contributed by atoms with Crippen LogP contribution in [0.4, 0.5) is 13.2 Å². The molecule has 21 heavy (non-hydrogen) atoms. The summed E-state index contributed by atoms with van der Waals surface area (Å²) in [7, 11) is 0. The fourth-order valence-electron chi connectivity index (χ4n) is 2.27. The van der Waals surface area contributed by atoms with E-state index in [0.29, 0.717) is 6.54 Å². The highest BCUT2D eigenvalue weighted by Crippen LogP contribution is 2.31. The van der Waals surface area contributed by atoms with E-state index in [0.717, 1.165) is 25.0 Å². The number of hydrogen-bond donors (Lipinski definition) is 1. The van der Waals surface area contributed by atoms with Gasteiger partial charge in [0.25, 0.3) is 0 Å². The molecule has 0 spiro atoms. The summed E-state index contributed by atoms with van der Waals surface area (Å²) in [6.07, 6.45) is -2.36. The van der Waals surface area contributed by atoms with Gasteiger partial charge in [0.1, 0.15) is 5.75 Å². The highest BCUT2D eigenvalue weighted by molar-refractivity contribution is 9.10. The number of nitrogens with one attached hydrogen (secondary N) is 1. The summed E-state index contributed by atoms with van der Waals surface area (Å²) in [6, 6.07) is 4.75. The third kappa shape index (κ3) is 5.16. The topological polar surface area (TPSA) is 30.5 Å². The number of alkyl halides is 3. The van der Waals surface area contributed by atoms with Gasteiger partial charge in [0.15, 0.2) is 0 Å². The maximum atomic E-state index is 12.2. The van der Waals surface area contributed by atoms with Crippen molar-refractivity contribution in [3.05, 3.63) is 28.2 Å². The van der Waals surface area contributed by atoms with Gasteiger partial charge in [-0.25, -0.2) is 0 Å². The Morgan fingerprint density at radius 2 is 2.24 bits per heavy atom. The normalized spacial score (nSPS) is 20.5. The second-order valence-corrected chi connectivity index (χ2v) is 5.89. The van der Waals surface area contributed by atoms with Gasteiger partial charge in [0.05, 0.1) is 10.6 Å². The zero-order chi connectivity index (χ0) is 15.5. The highest BCUT2D eigenvalue weighted by Gasteiger charge is 2.32. The van der Waals surface area contributed by atoms with Crippen LogP contribution in [0.1, 0.15) is 25.3 Å². The van der Waals surface area contributed by atoms with Crippen molar-refractivity contribution in [1.82, 2.24) is 5.32 Å². The van der Waals surface area contributed by atoms with Crippen LogP contribution in [0.25, 0.3) is 0 Å². The molecule has 118 valence electrons. The minimum atomic E-state index is -4.68. The van der Waals surface area contributed by atoms with Crippen molar-refractivity contribution >= 4 is 15.9 Å². The summed E-state index contributed by atoms with van der Waals surface area (Å²) in [6.45, 7) is 3.41. The number of ether oxygens (including phenoxy) is 2. The predicted molar refractivity (Wildman–Crippen MR) is 76.1 cm³/mol. The molecule has 1 aliphatic heterocycles. The zero-order valence-electron chi connectivity index (χ0n) is 11.5. The molecule has 0 aromatic heterocycles. The van der Waals surface area contributed by atoms with E-state index in [2.05, 4.69) is 26.0 Å². The van der Waals surface area contributed by atoms with Crippen molar-refractivity contribution in [2.75, 3.05) is 6.61 Å². The molecule has 0 bridgehead atoms. The van der Waals surface area contributed by atoms with E-state index in [1.54, 1.807) is 12.1 Å². The van der Waals surface area contributed by atoms with Gasteiger partial charge in [-0.05, 0) is 53.4 Å². The summed E-state index contributed by atoms with van der Waals surface area (Å²) < 4.78 is 46.3. The second kappa shape index (κ2) is 6.98. The largest absolute Gasteiger partial charge is 0.573 e. The van der Waals surface area contributed by atoms with Crippen molar-refractivity contribution in [3.8, 4) is 5.75 Å². The first-order valence-electron chi connectivity index (χ1n) is 6.74. The molecule has 0 amide bonds. The molecule has 1 fully saturated rings. The van der Waals surface area contributed by atoms with Crippen molar-refractivity contribution in [1.29, 1.82) is 0 Å². The van der Waals surface area contributed by atoms with E-state index >= 15 is 0 Å². The molecular formula is C14H17BrF3NO2. The molecule has 2 atom stereocenters. The smallest absolute Gasteiger partial charge is 0.405 e. The lowest BCUT2D eigenvalue weighted by Gasteiger charge is -2.20. The summed E-state index contributed by atoms with van der Waals surface area (Å²) in [4.78, 5) is 0. The van der Waals surface area contributed by atoms with Crippen molar-refractivity contribution in [2.45, 2.75) is 44.8 Å². The van der Waals surface area contributed by atoms with Gasteiger partial charge < -0.3 is 14.8 Å². The van der Waals surface area contributed by atoms with Crippen LogP contribution in [-0.4, -0.2) is 25.1 Å². The molecular weight excluding hydrogens is 351 g/mol. The first-order chi connectivity index (χ1) is 9.85. The number of halogens is 4. The fraction of sp³-hybridized carbons (Fsp3) is 0.571. The third-order valence-electron chi connectivity index (χ3n) is 3.37. The van der Waals surface area contributed by atoms with E-state index in [4.69, 9.17) is 4.74 Å². The maximum Gasteiger partial charge on any atom is 0.573 e. The lowest BCUT2D eigenvalue weighted by Crippen LogP contribution is -2.36. The molecule has 2 unspecified atom stereocenters. The van der Waals surface area contributed by atoms with Crippen LogP contribution in [0.15, 0.2) is 22.7 Å². The van der Waals surface area contributed by atoms with Crippen LogP contribution in [0.3, 0.4) is 0 Å². The molecule has 1 aromatic rings. The Kier molecular flexibility index (Phi) is 5.51. The summed E-state index contributed by atoms with van der Waals surface area (Å²) in [5.41, 5.74) is 0.876. The number of rotatable bonds is 5. The SMILES string of the molecule is CC(NCc1ccc(OC(F)(F)F)c(Br)c1)C1CCCO1. The van der Waals surface area contributed by atoms with Crippen molar-refractivity contribution in [3.63, 3.8) is 0 Å². The zero-order valence-corrected chi connectivity index (χ0v) is 13.1. The average Bonchev–Trinajstić information content (AvgIpc) is 2.91. The van der Waals surface area contributed by atoms with Crippen molar-refractivity contribution < 1.29 is 22.6 Å². The lowest BCUT2D eigenvalue weighted by molar-refractivity contribution is -0.274. The van der Waals surface area contributed by atoms with Gasteiger partial charge in [-0.3, -0.25) is 0 Å². The third-order valence-corrected chi connectivity index (χ3v) is 3.99.